The molecule has 5 nitrogen and oxygen atoms in total. The number of rotatable bonds is 8. The van der Waals surface area contributed by atoms with E-state index in [4.69, 9.17) is 0 Å². The molecule has 1 aromatic carbocycles. The summed E-state index contributed by atoms with van der Waals surface area (Å²) in [7, 11) is -2.01. The minimum absolute atomic E-state index is 0.0295. The zero-order valence-electron chi connectivity index (χ0n) is 14.1. The Morgan fingerprint density at radius 3 is 2.23 bits per heavy atom. The summed E-state index contributed by atoms with van der Waals surface area (Å²) in [6.45, 7) is 8.41. The van der Waals surface area contributed by atoms with E-state index in [1.807, 2.05) is 20.8 Å². The van der Waals surface area contributed by atoms with Crippen molar-refractivity contribution in [1.82, 2.24) is 10.0 Å². The highest BCUT2D eigenvalue weighted by Crippen LogP contribution is 2.21. The molecular weight excluding hydrogens is 300 g/mol. The van der Waals surface area contributed by atoms with Crippen LogP contribution in [0.15, 0.2) is 29.2 Å². The van der Waals surface area contributed by atoms with Crippen LogP contribution in [-0.4, -0.2) is 32.7 Å². The van der Waals surface area contributed by atoms with Gasteiger partial charge < -0.3 is 10.4 Å². The van der Waals surface area contributed by atoms with E-state index in [2.05, 4.69) is 17.0 Å². The van der Waals surface area contributed by atoms with Gasteiger partial charge >= 0.3 is 0 Å². The van der Waals surface area contributed by atoms with Crippen molar-refractivity contribution >= 4 is 10.0 Å². The maximum Gasteiger partial charge on any atom is 0.240 e. The summed E-state index contributed by atoms with van der Waals surface area (Å²) in [5.74, 6) is 0.204. The Hall–Kier alpha value is -0.950. The van der Waals surface area contributed by atoms with Crippen LogP contribution in [0, 0.1) is 5.92 Å². The fourth-order valence-corrected chi connectivity index (χ4v) is 2.88. The lowest BCUT2D eigenvalue weighted by Gasteiger charge is -2.31. The van der Waals surface area contributed by atoms with Crippen LogP contribution in [0.4, 0.5) is 0 Å². The van der Waals surface area contributed by atoms with Gasteiger partial charge in [-0.15, -0.1) is 0 Å². The van der Waals surface area contributed by atoms with Crippen LogP contribution in [0.1, 0.15) is 45.7 Å². The summed E-state index contributed by atoms with van der Waals surface area (Å²) < 4.78 is 25.7. The van der Waals surface area contributed by atoms with Gasteiger partial charge in [-0.05, 0) is 44.5 Å². The predicted octanol–water partition coefficient (Wildman–Crippen LogP) is 2.04. The molecule has 0 heterocycles. The molecule has 3 N–H and O–H groups in total. The first-order chi connectivity index (χ1) is 10.1. The zero-order valence-corrected chi connectivity index (χ0v) is 14.9. The van der Waals surface area contributed by atoms with Gasteiger partial charge in [-0.2, -0.15) is 0 Å². The molecule has 0 aromatic heterocycles. The maximum atomic E-state index is 11.7. The summed E-state index contributed by atoms with van der Waals surface area (Å²) in [6, 6.07) is 6.79. The van der Waals surface area contributed by atoms with Crippen LogP contribution in [0.5, 0.6) is 0 Å². The van der Waals surface area contributed by atoms with Gasteiger partial charge in [0.2, 0.25) is 10.0 Å². The minimum Gasteiger partial charge on any atom is -0.389 e. The highest BCUT2D eigenvalue weighted by molar-refractivity contribution is 7.89. The number of benzene rings is 1. The van der Waals surface area contributed by atoms with E-state index in [0.717, 1.165) is 12.0 Å². The van der Waals surface area contributed by atoms with E-state index in [9.17, 15) is 13.5 Å². The van der Waals surface area contributed by atoms with E-state index in [-0.39, 0.29) is 16.9 Å². The smallest absolute Gasteiger partial charge is 0.240 e. The van der Waals surface area contributed by atoms with Crippen molar-refractivity contribution in [2.75, 3.05) is 13.6 Å². The monoisotopic (exact) mass is 328 g/mol. The number of hydrogen-bond acceptors (Lipinski definition) is 4. The van der Waals surface area contributed by atoms with Gasteiger partial charge in [-0.1, -0.05) is 32.4 Å². The van der Waals surface area contributed by atoms with Crippen molar-refractivity contribution in [3.05, 3.63) is 29.8 Å². The molecule has 0 fully saturated rings. The highest BCUT2D eigenvalue weighted by atomic mass is 32.2. The van der Waals surface area contributed by atoms with Gasteiger partial charge in [0.1, 0.15) is 0 Å². The molecule has 1 rings (SSSR count). The summed E-state index contributed by atoms with van der Waals surface area (Å²) >= 11 is 0. The second-order valence-corrected chi connectivity index (χ2v) is 7.93. The molecule has 0 amide bonds. The van der Waals surface area contributed by atoms with Gasteiger partial charge in [0.05, 0.1) is 10.5 Å². The second kappa shape index (κ2) is 7.55. The van der Waals surface area contributed by atoms with E-state index in [0.29, 0.717) is 6.54 Å². The van der Waals surface area contributed by atoms with Crippen LogP contribution >= 0.6 is 0 Å². The maximum absolute atomic E-state index is 11.7. The lowest BCUT2D eigenvalue weighted by Crippen LogP contribution is -2.43. The Morgan fingerprint density at radius 1 is 1.23 bits per heavy atom. The highest BCUT2D eigenvalue weighted by Gasteiger charge is 2.27. The van der Waals surface area contributed by atoms with Gasteiger partial charge in [0, 0.05) is 12.6 Å². The molecule has 0 bridgehead atoms. The van der Waals surface area contributed by atoms with Crippen LogP contribution < -0.4 is 10.0 Å². The summed E-state index contributed by atoms with van der Waals surface area (Å²) in [5, 5.41) is 13.7. The lowest BCUT2D eigenvalue weighted by atomic mass is 9.88. The molecule has 0 aliphatic rings. The number of nitrogens with one attached hydrogen (secondary N) is 2. The van der Waals surface area contributed by atoms with Crippen LogP contribution in [0.25, 0.3) is 0 Å². The molecule has 0 saturated heterocycles. The predicted molar refractivity (Wildman–Crippen MR) is 89.2 cm³/mol. The van der Waals surface area contributed by atoms with Gasteiger partial charge in [0.15, 0.2) is 0 Å². The molecular formula is C16H28N2O3S. The zero-order chi connectivity index (χ0) is 17.0. The van der Waals surface area contributed by atoms with Crippen molar-refractivity contribution in [3.8, 4) is 0 Å². The summed E-state index contributed by atoms with van der Waals surface area (Å²) in [5.41, 5.74) is 0.216. The normalized spacial score (nSPS) is 17.7. The molecule has 126 valence electrons. The fraction of sp³-hybridized carbons (Fsp3) is 0.625. The van der Waals surface area contributed by atoms with Gasteiger partial charge in [-0.3, -0.25) is 0 Å². The molecule has 1 aromatic rings. The number of sulfonamides is 1. The fourth-order valence-electron chi connectivity index (χ4n) is 2.15. The average molecular weight is 328 g/mol. The van der Waals surface area contributed by atoms with Crippen molar-refractivity contribution in [1.29, 1.82) is 0 Å². The van der Waals surface area contributed by atoms with E-state index >= 15 is 0 Å². The van der Waals surface area contributed by atoms with Crippen molar-refractivity contribution < 1.29 is 13.5 Å². The lowest BCUT2D eigenvalue weighted by molar-refractivity contribution is 0.00365. The van der Waals surface area contributed by atoms with E-state index in [1.54, 1.807) is 24.3 Å². The third kappa shape index (κ3) is 4.78. The second-order valence-electron chi connectivity index (χ2n) is 6.05. The Labute approximate surface area is 134 Å². The molecule has 0 radical (unpaired) electrons. The Balaban J connectivity index is 2.73. The molecule has 6 heteroatoms. The number of hydrogen-bond donors (Lipinski definition) is 3. The summed E-state index contributed by atoms with van der Waals surface area (Å²) in [4.78, 5) is 0.248. The molecule has 3 unspecified atom stereocenters. The van der Waals surface area contributed by atoms with Crippen molar-refractivity contribution in [3.63, 3.8) is 0 Å². The van der Waals surface area contributed by atoms with Gasteiger partial charge in [-0.25, -0.2) is 13.1 Å². The minimum atomic E-state index is -3.40. The largest absolute Gasteiger partial charge is 0.389 e. The first kappa shape index (κ1) is 19.1. The average Bonchev–Trinajstić information content (AvgIpc) is 2.51. The molecule has 0 saturated carbocycles. The summed E-state index contributed by atoms with van der Waals surface area (Å²) in [6.07, 6.45) is 0.916. The van der Waals surface area contributed by atoms with E-state index < -0.39 is 15.6 Å². The van der Waals surface area contributed by atoms with Crippen LogP contribution in [0.3, 0.4) is 0 Å². The molecule has 3 atom stereocenters. The quantitative estimate of drug-likeness (QED) is 0.682. The molecule has 0 aliphatic carbocycles. The Kier molecular flexibility index (Phi) is 6.55. The molecule has 0 spiro atoms. The van der Waals surface area contributed by atoms with Crippen molar-refractivity contribution in [2.45, 2.75) is 50.7 Å². The first-order valence-electron chi connectivity index (χ1n) is 7.63. The van der Waals surface area contributed by atoms with Gasteiger partial charge in [0.25, 0.3) is 0 Å². The number of aliphatic hydroxyl groups is 1. The topological polar surface area (TPSA) is 78.4 Å². The van der Waals surface area contributed by atoms with Crippen LogP contribution in [-0.2, 0) is 10.0 Å². The molecule has 22 heavy (non-hydrogen) atoms. The standard InChI is InChI=1S/C16H28N2O3S/c1-6-12(2)16(4,19)11-18-13(3)14-7-9-15(10-8-14)22(20,21)17-5/h7-10,12-13,17-19H,6,11H2,1-5H3. The van der Waals surface area contributed by atoms with Crippen LogP contribution in [0.2, 0.25) is 0 Å². The SMILES string of the molecule is CCC(C)C(C)(O)CNC(C)c1ccc(S(=O)(=O)NC)cc1. The molecule has 0 aliphatic heterocycles. The Morgan fingerprint density at radius 2 is 1.77 bits per heavy atom. The third-order valence-corrected chi connectivity index (χ3v) is 5.83. The third-order valence-electron chi connectivity index (χ3n) is 4.40. The first-order valence-corrected chi connectivity index (χ1v) is 9.11. The van der Waals surface area contributed by atoms with E-state index in [1.165, 1.54) is 7.05 Å². The van der Waals surface area contributed by atoms with Crippen molar-refractivity contribution in [2.24, 2.45) is 5.92 Å². The Bertz CT molecular complexity index is 568.